The van der Waals surface area contributed by atoms with Gasteiger partial charge in [0.25, 0.3) is 10.2 Å². The van der Waals surface area contributed by atoms with E-state index in [-0.39, 0.29) is 6.04 Å². The van der Waals surface area contributed by atoms with E-state index in [0.717, 1.165) is 29.1 Å². The van der Waals surface area contributed by atoms with Crippen LogP contribution in [-0.4, -0.2) is 47.6 Å². The zero-order valence-corrected chi connectivity index (χ0v) is 14.1. The van der Waals surface area contributed by atoms with Crippen LogP contribution in [0.15, 0.2) is 29.9 Å². The summed E-state index contributed by atoms with van der Waals surface area (Å²) in [6, 6.07) is 3.68. The van der Waals surface area contributed by atoms with Gasteiger partial charge in [-0.2, -0.15) is 17.0 Å². The molecule has 0 N–H and O–H groups in total. The van der Waals surface area contributed by atoms with Crippen molar-refractivity contribution in [2.75, 3.05) is 20.6 Å². The Hall–Kier alpha value is -1.35. The van der Waals surface area contributed by atoms with E-state index in [1.54, 1.807) is 42.1 Å². The summed E-state index contributed by atoms with van der Waals surface area (Å²) in [7, 11) is -0.292. The van der Waals surface area contributed by atoms with E-state index in [0.29, 0.717) is 6.54 Å². The molecule has 22 heavy (non-hydrogen) atoms. The molecule has 2 aromatic heterocycles. The topological polar surface area (TPSA) is 66.4 Å². The molecule has 8 heteroatoms. The van der Waals surface area contributed by atoms with Gasteiger partial charge in [0.05, 0.1) is 11.7 Å². The van der Waals surface area contributed by atoms with Crippen LogP contribution in [0.5, 0.6) is 0 Å². The second-order valence-corrected chi connectivity index (χ2v) is 8.36. The van der Waals surface area contributed by atoms with Crippen molar-refractivity contribution in [1.29, 1.82) is 0 Å². The van der Waals surface area contributed by atoms with Gasteiger partial charge in [0.15, 0.2) is 0 Å². The first kappa shape index (κ1) is 15.5. The molecule has 0 aromatic carbocycles. The summed E-state index contributed by atoms with van der Waals surface area (Å²) in [6.45, 7) is 0.543. The Morgan fingerprint density at radius 2 is 2.14 bits per heavy atom. The Labute approximate surface area is 134 Å². The molecular weight excluding hydrogens is 320 g/mol. The molecule has 0 saturated carbocycles. The summed E-state index contributed by atoms with van der Waals surface area (Å²) in [5.41, 5.74) is 1.75. The predicted molar refractivity (Wildman–Crippen MR) is 86.6 cm³/mol. The van der Waals surface area contributed by atoms with Crippen LogP contribution in [0.25, 0.3) is 10.6 Å². The molecule has 1 aliphatic rings. The van der Waals surface area contributed by atoms with E-state index in [4.69, 9.17) is 0 Å². The first-order chi connectivity index (χ1) is 10.5. The number of rotatable bonds is 4. The van der Waals surface area contributed by atoms with Crippen LogP contribution in [-0.2, 0) is 10.2 Å². The molecule has 0 spiro atoms. The van der Waals surface area contributed by atoms with E-state index in [1.165, 1.54) is 4.31 Å². The summed E-state index contributed by atoms with van der Waals surface area (Å²) < 4.78 is 27.6. The maximum Gasteiger partial charge on any atom is 0.282 e. The first-order valence-electron chi connectivity index (χ1n) is 7.05. The molecule has 1 fully saturated rings. The second kappa shape index (κ2) is 6.04. The monoisotopic (exact) mass is 338 g/mol. The van der Waals surface area contributed by atoms with E-state index < -0.39 is 10.2 Å². The summed E-state index contributed by atoms with van der Waals surface area (Å²) in [5.74, 6) is 0. The SMILES string of the molecule is CN(C)S(=O)(=O)N1CCC[C@H]1c1ccc(-c2nccs2)cn1. The van der Waals surface area contributed by atoms with Crippen molar-refractivity contribution in [3.05, 3.63) is 35.6 Å². The quantitative estimate of drug-likeness (QED) is 0.857. The largest absolute Gasteiger partial charge is 0.282 e. The minimum absolute atomic E-state index is 0.183. The van der Waals surface area contributed by atoms with Gasteiger partial charge in [0.2, 0.25) is 0 Å². The molecular formula is C14H18N4O2S2. The van der Waals surface area contributed by atoms with Crippen molar-refractivity contribution >= 4 is 21.5 Å². The van der Waals surface area contributed by atoms with Gasteiger partial charge in [0.1, 0.15) is 5.01 Å². The molecule has 1 aliphatic heterocycles. The van der Waals surface area contributed by atoms with E-state index >= 15 is 0 Å². The number of thiazole rings is 1. The Bertz CT molecular complexity index is 727. The van der Waals surface area contributed by atoms with Crippen molar-refractivity contribution in [3.8, 4) is 10.6 Å². The molecule has 0 radical (unpaired) electrons. The van der Waals surface area contributed by atoms with Crippen LogP contribution in [0.4, 0.5) is 0 Å². The van der Waals surface area contributed by atoms with Crippen LogP contribution in [0.2, 0.25) is 0 Å². The number of nitrogens with zero attached hydrogens (tertiary/aromatic N) is 4. The zero-order chi connectivity index (χ0) is 15.7. The predicted octanol–water partition coefficient (Wildman–Crippen LogP) is 2.15. The van der Waals surface area contributed by atoms with Crippen molar-refractivity contribution in [3.63, 3.8) is 0 Å². The summed E-state index contributed by atoms with van der Waals surface area (Å²) in [6.07, 6.45) is 5.19. The van der Waals surface area contributed by atoms with Gasteiger partial charge >= 0.3 is 0 Å². The van der Waals surface area contributed by atoms with Crippen LogP contribution in [0, 0.1) is 0 Å². The van der Waals surface area contributed by atoms with Gasteiger partial charge in [-0.1, -0.05) is 0 Å². The van der Waals surface area contributed by atoms with Crippen molar-refractivity contribution in [2.24, 2.45) is 0 Å². The molecule has 0 aliphatic carbocycles. The maximum absolute atomic E-state index is 12.4. The molecule has 0 unspecified atom stereocenters. The number of hydrogen-bond acceptors (Lipinski definition) is 5. The summed E-state index contributed by atoms with van der Waals surface area (Å²) in [4.78, 5) is 8.74. The molecule has 6 nitrogen and oxygen atoms in total. The van der Waals surface area contributed by atoms with Gasteiger partial charge < -0.3 is 0 Å². The van der Waals surface area contributed by atoms with Crippen LogP contribution < -0.4 is 0 Å². The van der Waals surface area contributed by atoms with Gasteiger partial charge in [-0.05, 0) is 25.0 Å². The Morgan fingerprint density at radius 1 is 1.32 bits per heavy atom. The number of aromatic nitrogens is 2. The highest BCUT2D eigenvalue weighted by atomic mass is 32.2. The molecule has 1 saturated heterocycles. The lowest BCUT2D eigenvalue weighted by Crippen LogP contribution is -2.39. The first-order valence-corrected chi connectivity index (χ1v) is 9.33. The average Bonchev–Trinajstić information content (AvgIpc) is 3.19. The fourth-order valence-electron chi connectivity index (χ4n) is 2.62. The van der Waals surface area contributed by atoms with Gasteiger partial charge in [-0.25, -0.2) is 4.98 Å². The highest BCUT2D eigenvalue weighted by molar-refractivity contribution is 7.86. The zero-order valence-electron chi connectivity index (χ0n) is 12.5. The minimum atomic E-state index is -3.41. The van der Waals surface area contributed by atoms with Crippen molar-refractivity contribution < 1.29 is 8.42 Å². The summed E-state index contributed by atoms with van der Waals surface area (Å²) >= 11 is 1.56. The van der Waals surface area contributed by atoms with Gasteiger partial charge in [0, 0.05) is 44.0 Å². The fourth-order valence-corrected chi connectivity index (χ4v) is 4.56. The third-order valence-electron chi connectivity index (χ3n) is 3.77. The van der Waals surface area contributed by atoms with Crippen molar-refractivity contribution in [2.45, 2.75) is 18.9 Å². The highest BCUT2D eigenvalue weighted by Gasteiger charge is 2.37. The van der Waals surface area contributed by atoms with Gasteiger partial charge in [-0.3, -0.25) is 4.98 Å². The lowest BCUT2D eigenvalue weighted by atomic mass is 10.1. The standard InChI is InChI=1S/C14H18N4O2S2/c1-17(2)22(19,20)18-8-3-4-13(18)12-6-5-11(10-16-12)14-15-7-9-21-14/h5-7,9-10,13H,3-4,8H2,1-2H3/t13-/m0/s1. The lowest BCUT2D eigenvalue weighted by Gasteiger charge is -2.26. The molecule has 0 amide bonds. The van der Waals surface area contributed by atoms with Crippen LogP contribution in [0.1, 0.15) is 24.6 Å². The molecule has 1 atom stereocenters. The average molecular weight is 338 g/mol. The molecule has 118 valence electrons. The highest BCUT2D eigenvalue weighted by Crippen LogP contribution is 2.34. The number of pyridine rings is 1. The minimum Gasteiger partial charge on any atom is -0.259 e. The fraction of sp³-hybridized carbons (Fsp3) is 0.429. The molecule has 3 rings (SSSR count). The van der Waals surface area contributed by atoms with Gasteiger partial charge in [-0.15, -0.1) is 11.3 Å². The molecule has 3 heterocycles. The van der Waals surface area contributed by atoms with E-state index in [1.807, 2.05) is 17.5 Å². The third-order valence-corrected chi connectivity index (χ3v) is 6.54. The van der Waals surface area contributed by atoms with Crippen molar-refractivity contribution in [1.82, 2.24) is 18.6 Å². The number of hydrogen-bond donors (Lipinski definition) is 0. The van der Waals surface area contributed by atoms with E-state index in [2.05, 4.69) is 9.97 Å². The second-order valence-electron chi connectivity index (χ2n) is 5.37. The maximum atomic E-state index is 12.4. The third kappa shape index (κ3) is 2.79. The smallest absolute Gasteiger partial charge is 0.259 e. The normalized spacial score (nSPS) is 19.9. The summed E-state index contributed by atoms with van der Waals surface area (Å²) in [5, 5.41) is 2.84. The Morgan fingerprint density at radius 3 is 2.73 bits per heavy atom. The van der Waals surface area contributed by atoms with Crippen LogP contribution >= 0.6 is 11.3 Å². The Kier molecular flexibility index (Phi) is 4.26. The van der Waals surface area contributed by atoms with E-state index in [9.17, 15) is 8.42 Å². The van der Waals surface area contributed by atoms with Crippen LogP contribution in [0.3, 0.4) is 0 Å². The molecule has 0 bridgehead atoms. The Balaban J connectivity index is 1.87. The lowest BCUT2D eigenvalue weighted by molar-refractivity contribution is 0.358. The molecule has 2 aromatic rings.